The molecule has 1 atom stereocenters. The average Bonchev–Trinajstić information content (AvgIpc) is 3.15. The molecule has 0 spiro atoms. The molecule has 2 aromatic heterocycles. The van der Waals surface area contributed by atoms with Gasteiger partial charge in [0.15, 0.2) is 0 Å². The van der Waals surface area contributed by atoms with Gasteiger partial charge in [0.1, 0.15) is 11.5 Å². The van der Waals surface area contributed by atoms with E-state index in [-0.39, 0.29) is 5.91 Å². The van der Waals surface area contributed by atoms with Gasteiger partial charge < -0.3 is 9.47 Å². The van der Waals surface area contributed by atoms with Crippen molar-refractivity contribution in [2.45, 2.75) is 45.1 Å². The molecular formula is C17H21N5O. The highest BCUT2D eigenvalue weighted by Crippen LogP contribution is 2.41. The predicted molar refractivity (Wildman–Crippen MR) is 85.3 cm³/mol. The molecular weight excluding hydrogens is 290 g/mol. The third-order valence-corrected chi connectivity index (χ3v) is 4.77. The van der Waals surface area contributed by atoms with E-state index >= 15 is 0 Å². The molecule has 0 radical (unpaired) electrons. The van der Waals surface area contributed by atoms with E-state index in [9.17, 15) is 4.79 Å². The van der Waals surface area contributed by atoms with Gasteiger partial charge in [0.05, 0.1) is 17.9 Å². The van der Waals surface area contributed by atoms with E-state index in [1.165, 1.54) is 24.4 Å². The Morgan fingerprint density at radius 3 is 2.61 bits per heavy atom. The third-order valence-electron chi connectivity index (χ3n) is 4.77. The fraction of sp³-hybridized carbons (Fsp3) is 0.529. The number of hydrogen-bond donors (Lipinski definition) is 0. The molecule has 1 amide bonds. The standard InChI is InChI=1S/C17H21N5O/c1-11-7-19-15(9-18-11)17(23)21-6-5-14(10-21)22-12(2)8-20-16(22)13-3-4-13/h7-9,13-14H,3-6,10H2,1-2H3. The fourth-order valence-corrected chi connectivity index (χ4v) is 3.39. The highest BCUT2D eigenvalue weighted by Gasteiger charge is 2.35. The molecule has 0 bridgehead atoms. The summed E-state index contributed by atoms with van der Waals surface area (Å²) in [5.41, 5.74) is 2.45. The van der Waals surface area contributed by atoms with Gasteiger partial charge in [-0.05, 0) is 33.1 Å². The van der Waals surface area contributed by atoms with Gasteiger partial charge in [0.2, 0.25) is 0 Å². The smallest absolute Gasteiger partial charge is 0.274 e. The predicted octanol–water partition coefficient (Wildman–Crippen LogP) is 2.25. The maximum Gasteiger partial charge on any atom is 0.274 e. The lowest BCUT2D eigenvalue weighted by Gasteiger charge is -2.19. The number of hydrogen-bond acceptors (Lipinski definition) is 4. The molecule has 0 N–H and O–H groups in total. The first-order valence-electron chi connectivity index (χ1n) is 8.25. The lowest BCUT2D eigenvalue weighted by atomic mass is 10.2. The van der Waals surface area contributed by atoms with Crippen LogP contribution in [0.3, 0.4) is 0 Å². The minimum absolute atomic E-state index is 0.0225. The van der Waals surface area contributed by atoms with Crippen LogP contribution in [-0.2, 0) is 0 Å². The maximum atomic E-state index is 12.6. The molecule has 3 heterocycles. The van der Waals surface area contributed by atoms with Crippen molar-refractivity contribution in [1.82, 2.24) is 24.4 Å². The van der Waals surface area contributed by atoms with Crippen molar-refractivity contribution in [3.05, 3.63) is 41.5 Å². The summed E-state index contributed by atoms with van der Waals surface area (Å²) < 4.78 is 2.35. The van der Waals surface area contributed by atoms with Crippen molar-refractivity contribution < 1.29 is 4.79 Å². The van der Waals surface area contributed by atoms with E-state index in [4.69, 9.17) is 0 Å². The summed E-state index contributed by atoms with van der Waals surface area (Å²) in [6, 6.07) is 0.329. The van der Waals surface area contributed by atoms with Crippen LogP contribution in [0.2, 0.25) is 0 Å². The second-order valence-corrected chi connectivity index (χ2v) is 6.64. The lowest BCUT2D eigenvalue weighted by Crippen LogP contribution is -2.30. The Hall–Kier alpha value is -2.24. The number of nitrogens with zero attached hydrogens (tertiary/aromatic N) is 5. The minimum Gasteiger partial charge on any atom is -0.335 e. The van der Waals surface area contributed by atoms with E-state index in [0.29, 0.717) is 17.7 Å². The fourth-order valence-electron chi connectivity index (χ4n) is 3.39. The van der Waals surface area contributed by atoms with Crippen molar-refractivity contribution in [3.63, 3.8) is 0 Å². The van der Waals surface area contributed by atoms with Crippen LogP contribution in [0.5, 0.6) is 0 Å². The Balaban J connectivity index is 1.52. The minimum atomic E-state index is -0.0225. The zero-order valence-corrected chi connectivity index (χ0v) is 13.6. The van der Waals surface area contributed by atoms with Crippen molar-refractivity contribution in [3.8, 4) is 0 Å². The van der Waals surface area contributed by atoms with Crippen LogP contribution in [-0.4, -0.2) is 43.4 Å². The monoisotopic (exact) mass is 311 g/mol. The Labute approximate surface area is 135 Å². The molecule has 2 aromatic rings. The summed E-state index contributed by atoms with van der Waals surface area (Å²) >= 11 is 0. The van der Waals surface area contributed by atoms with E-state index in [1.807, 2.05) is 18.0 Å². The maximum absolute atomic E-state index is 12.6. The Morgan fingerprint density at radius 2 is 1.91 bits per heavy atom. The summed E-state index contributed by atoms with van der Waals surface area (Å²) in [5.74, 6) is 1.80. The molecule has 120 valence electrons. The third kappa shape index (κ3) is 2.62. The molecule has 2 aliphatic rings. The molecule has 1 aliphatic heterocycles. The van der Waals surface area contributed by atoms with Gasteiger partial charge in [0.25, 0.3) is 5.91 Å². The van der Waals surface area contributed by atoms with Crippen LogP contribution >= 0.6 is 0 Å². The van der Waals surface area contributed by atoms with Crippen molar-refractivity contribution in [2.75, 3.05) is 13.1 Å². The largest absolute Gasteiger partial charge is 0.335 e. The topological polar surface area (TPSA) is 63.9 Å². The van der Waals surface area contributed by atoms with Crippen LogP contribution in [0.15, 0.2) is 18.6 Å². The van der Waals surface area contributed by atoms with E-state index in [0.717, 1.165) is 25.2 Å². The van der Waals surface area contributed by atoms with Gasteiger partial charge >= 0.3 is 0 Å². The molecule has 2 fully saturated rings. The number of amides is 1. The second-order valence-electron chi connectivity index (χ2n) is 6.64. The first-order valence-corrected chi connectivity index (χ1v) is 8.25. The zero-order valence-electron chi connectivity index (χ0n) is 13.6. The summed E-state index contributed by atoms with van der Waals surface area (Å²) in [6.07, 6.45) is 8.64. The summed E-state index contributed by atoms with van der Waals surface area (Å²) in [4.78, 5) is 27.5. The van der Waals surface area contributed by atoms with Gasteiger partial charge in [-0.25, -0.2) is 9.97 Å². The lowest BCUT2D eigenvalue weighted by molar-refractivity contribution is 0.0781. The van der Waals surface area contributed by atoms with E-state index in [2.05, 4.69) is 26.4 Å². The van der Waals surface area contributed by atoms with Gasteiger partial charge in [-0.3, -0.25) is 9.78 Å². The number of rotatable bonds is 3. The van der Waals surface area contributed by atoms with Gasteiger partial charge in [-0.1, -0.05) is 0 Å². The van der Waals surface area contributed by atoms with Gasteiger partial charge in [-0.15, -0.1) is 0 Å². The molecule has 1 unspecified atom stereocenters. The molecule has 4 rings (SSSR count). The van der Waals surface area contributed by atoms with E-state index < -0.39 is 0 Å². The highest BCUT2D eigenvalue weighted by molar-refractivity contribution is 5.92. The van der Waals surface area contributed by atoms with Gasteiger partial charge in [-0.2, -0.15) is 0 Å². The first kappa shape index (κ1) is 14.4. The number of carbonyl (C=O) groups excluding carboxylic acids is 1. The zero-order chi connectivity index (χ0) is 16.0. The average molecular weight is 311 g/mol. The molecule has 23 heavy (non-hydrogen) atoms. The van der Waals surface area contributed by atoms with Crippen molar-refractivity contribution >= 4 is 5.91 Å². The summed E-state index contributed by atoms with van der Waals surface area (Å²) in [6.45, 7) is 5.47. The number of likely N-dealkylation sites (tertiary alicyclic amines) is 1. The van der Waals surface area contributed by atoms with Crippen molar-refractivity contribution in [1.29, 1.82) is 0 Å². The Bertz CT molecular complexity index is 732. The van der Waals surface area contributed by atoms with Crippen LogP contribution in [0.4, 0.5) is 0 Å². The normalized spacial score (nSPS) is 21.0. The number of aryl methyl sites for hydroxylation is 2. The van der Waals surface area contributed by atoms with Crippen LogP contribution in [0.25, 0.3) is 0 Å². The Kier molecular flexibility index (Phi) is 3.39. The Morgan fingerprint density at radius 1 is 1.09 bits per heavy atom. The van der Waals surface area contributed by atoms with Crippen molar-refractivity contribution in [2.24, 2.45) is 0 Å². The van der Waals surface area contributed by atoms with Crippen LogP contribution in [0.1, 0.15) is 58.9 Å². The molecule has 0 aromatic carbocycles. The second kappa shape index (κ2) is 5.44. The summed E-state index contributed by atoms with van der Waals surface area (Å²) in [5, 5.41) is 0. The summed E-state index contributed by atoms with van der Waals surface area (Å²) in [7, 11) is 0. The molecule has 1 aliphatic carbocycles. The molecule has 6 heteroatoms. The molecule has 1 saturated heterocycles. The highest BCUT2D eigenvalue weighted by atomic mass is 16.2. The number of carbonyl (C=O) groups is 1. The van der Waals surface area contributed by atoms with Crippen LogP contribution < -0.4 is 0 Å². The quantitative estimate of drug-likeness (QED) is 0.872. The van der Waals surface area contributed by atoms with E-state index in [1.54, 1.807) is 12.4 Å². The molecule has 6 nitrogen and oxygen atoms in total. The number of aromatic nitrogens is 4. The molecule has 1 saturated carbocycles. The SMILES string of the molecule is Cc1cnc(C(=O)N2CCC(n3c(C)cnc3C3CC3)C2)cn1. The first-order chi connectivity index (χ1) is 11.1. The van der Waals surface area contributed by atoms with Gasteiger partial charge in [0, 0.05) is 37.1 Å². The number of imidazole rings is 1. The van der Waals surface area contributed by atoms with Crippen LogP contribution in [0, 0.1) is 13.8 Å².